The van der Waals surface area contributed by atoms with Gasteiger partial charge in [0.1, 0.15) is 19.3 Å². The van der Waals surface area contributed by atoms with E-state index in [9.17, 15) is 19.0 Å². The number of nitrogens with one attached hydrogen (secondary N) is 1. The molecule has 1 amide bonds. The van der Waals surface area contributed by atoms with Gasteiger partial charge in [-0.15, -0.1) is 0 Å². The molecule has 0 bridgehead atoms. The Morgan fingerprint density at radius 2 is 0.753 bits per heavy atom. The fourth-order valence-corrected chi connectivity index (χ4v) is 10.8. The molecule has 474 valence electrons. The van der Waals surface area contributed by atoms with E-state index in [-0.39, 0.29) is 25.1 Å². The Hall–Kier alpha value is -2.29. The van der Waals surface area contributed by atoms with Crippen molar-refractivity contribution in [2.75, 3.05) is 40.9 Å². The van der Waals surface area contributed by atoms with Gasteiger partial charge in [0.15, 0.2) is 0 Å². The molecule has 10 heteroatoms. The van der Waals surface area contributed by atoms with Crippen LogP contribution in [0.5, 0.6) is 0 Å². The minimum absolute atomic E-state index is 0.0383. The number of phosphoric acid groups is 1. The Morgan fingerprint density at radius 3 is 1.16 bits per heavy atom. The van der Waals surface area contributed by atoms with Gasteiger partial charge in [-0.2, -0.15) is 0 Å². The second kappa shape index (κ2) is 60.8. The van der Waals surface area contributed by atoms with Gasteiger partial charge in [-0.05, 0) is 96.0 Å². The number of hydrogen-bond donors (Lipinski definition) is 2. The maximum absolute atomic E-state index is 13.6. The molecule has 0 aromatic carbocycles. The molecule has 9 nitrogen and oxygen atoms in total. The molecule has 0 rings (SSSR count). The zero-order valence-electron chi connectivity index (χ0n) is 54.3. The third-order valence-electron chi connectivity index (χ3n) is 15.4. The number of unbranched alkanes of at least 4 members (excludes halogenated alkanes) is 39. The summed E-state index contributed by atoms with van der Waals surface area (Å²) in [5, 5.41) is 3.06. The van der Waals surface area contributed by atoms with Gasteiger partial charge in [-0.3, -0.25) is 18.6 Å². The van der Waals surface area contributed by atoms with E-state index in [1.165, 1.54) is 212 Å². The molecule has 0 aliphatic heterocycles. The fraction of sp³-hybridized carbons (Fsp3) is 0.831. The van der Waals surface area contributed by atoms with Crippen molar-refractivity contribution in [2.24, 2.45) is 0 Å². The van der Waals surface area contributed by atoms with E-state index in [1.54, 1.807) is 0 Å². The summed E-state index contributed by atoms with van der Waals surface area (Å²) in [6, 6.07) is -0.853. The maximum Gasteiger partial charge on any atom is 0.472 e. The monoisotopic (exact) mass is 1160 g/mol. The van der Waals surface area contributed by atoms with E-state index in [2.05, 4.69) is 74.7 Å². The van der Waals surface area contributed by atoms with Crippen LogP contribution in [-0.4, -0.2) is 74.3 Å². The number of nitrogens with zero attached hydrogens (tertiary/aromatic N) is 1. The lowest BCUT2D eigenvalue weighted by molar-refractivity contribution is -0.870. The summed E-state index contributed by atoms with van der Waals surface area (Å²) in [6.45, 7) is 7.01. The van der Waals surface area contributed by atoms with Crippen molar-refractivity contribution in [3.8, 4) is 0 Å². The van der Waals surface area contributed by atoms with Crippen LogP contribution in [0.4, 0.5) is 0 Å². The zero-order valence-corrected chi connectivity index (χ0v) is 55.2. The molecule has 0 aliphatic rings. The van der Waals surface area contributed by atoms with Crippen molar-refractivity contribution >= 4 is 19.7 Å². The molecule has 0 fully saturated rings. The lowest BCUT2D eigenvalue weighted by Crippen LogP contribution is -2.47. The Balaban J connectivity index is 5.07. The van der Waals surface area contributed by atoms with E-state index in [4.69, 9.17) is 13.8 Å². The number of amides is 1. The molecule has 0 saturated carbocycles. The number of esters is 1. The summed E-state index contributed by atoms with van der Waals surface area (Å²) < 4.78 is 30.8. The summed E-state index contributed by atoms with van der Waals surface area (Å²) in [6.07, 6.45) is 78.0. The molecule has 0 heterocycles. The van der Waals surface area contributed by atoms with Crippen molar-refractivity contribution < 1.29 is 37.3 Å². The summed E-state index contributed by atoms with van der Waals surface area (Å²) >= 11 is 0. The molecular weight excluding hydrogens is 1020 g/mol. The standard InChI is InChI=1S/C71H133N2O7P/c1-7-10-13-16-19-22-25-27-29-31-33-35-36-38-40-42-44-46-49-52-55-58-61-64-71(75)80-69(62-59-56-53-50-47-24-21-18-15-12-9-3)68(67-79-81(76,77)78-66-65-73(4,5)6)72-70(74)63-60-57-54-51-48-45-43-41-39-37-34-32-30-28-26-23-20-17-14-11-8-2/h20,23,27-30,34,37,59,62,68-69H,7-19,21-22,24-26,31-33,35-36,38-58,60-61,63-67H2,1-6H3,(H-,72,74,76,77)/p+1/b23-20-,29-27+,30-28-,37-34-,62-59+. The van der Waals surface area contributed by atoms with Crippen LogP contribution < -0.4 is 5.32 Å². The van der Waals surface area contributed by atoms with E-state index >= 15 is 0 Å². The van der Waals surface area contributed by atoms with Crippen molar-refractivity contribution in [1.29, 1.82) is 0 Å². The first-order valence-corrected chi connectivity index (χ1v) is 36.1. The molecule has 0 aromatic heterocycles. The lowest BCUT2D eigenvalue weighted by atomic mass is 10.0. The van der Waals surface area contributed by atoms with E-state index in [1.807, 2.05) is 33.3 Å². The van der Waals surface area contributed by atoms with Gasteiger partial charge in [0.05, 0.1) is 33.8 Å². The van der Waals surface area contributed by atoms with Gasteiger partial charge < -0.3 is 19.4 Å². The maximum atomic E-state index is 13.6. The second-order valence-electron chi connectivity index (χ2n) is 24.7. The van der Waals surface area contributed by atoms with Crippen molar-refractivity contribution in [3.63, 3.8) is 0 Å². The Labute approximate surface area is 502 Å². The number of phosphoric ester groups is 1. The number of allylic oxidation sites excluding steroid dienone is 9. The highest BCUT2D eigenvalue weighted by atomic mass is 31.2. The molecular formula is C71H134N2O7P+. The minimum Gasteiger partial charge on any atom is -0.456 e. The van der Waals surface area contributed by atoms with E-state index in [0.717, 1.165) is 83.5 Å². The van der Waals surface area contributed by atoms with Gasteiger partial charge in [0, 0.05) is 12.8 Å². The first-order chi connectivity index (χ1) is 39.4. The lowest BCUT2D eigenvalue weighted by Gasteiger charge is -2.27. The highest BCUT2D eigenvalue weighted by molar-refractivity contribution is 7.47. The molecule has 0 saturated heterocycles. The molecule has 3 atom stereocenters. The van der Waals surface area contributed by atoms with Crippen LogP contribution in [0.1, 0.15) is 329 Å². The molecule has 0 aliphatic carbocycles. The van der Waals surface area contributed by atoms with Gasteiger partial charge in [0.25, 0.3) is 0 Å². The van der Waals surface area contributed by atoms with Crippen LogP contribution in [-0.2, 0) is 27.9 Å². The van der Waals surface area contributed by atoms with Crippen LogP contribution >= 0.6 is 7.82 Å². The summed E-state index contributed by atoms with van der Waals surface area (Å²) in [5.41, 5.74) is 0. The number of quaternary nitrogens is 1. The Kier molecular flexibility index (Phi) is 59.1. The van der Waals surface area contributed by atoms with E-state index in [0.29, 0.717) is 23.9 Å². The molecule has 3 unspecified atom stereocenters. The summed E-state index contributed by atoms with van der Waals surface area (Å²) in [7, 11) is 1.50. The van der Waals surface area contributed by atoms with Crippen molar-refractivity contribution in [2.45, 2.75) is 341 Å². The van der Waals surface area contributed by atoms with Gasteiger partial charge >= 0.3 is 13.8 Å². The first-order valence-electron chi connectivity index (χ1n) is 34.6. The minimum atomic E-state index is -4.45. The fourth-order valence-electron chi connectivity index (χ4n) is 10.1. The summed E-state index contributed by atoms with van der Waals surface area (Å²) in [5.74, 6) is -0.504. The zero-order chi connectivity index (χ0) is 59.3. The van der Waals surface area contributed by atoms with Crippen LogP contribution in [0, 0.1) is 0 Å². The number of ether oxygens (including phenoxy) is 1. The third kappa shape index (κ3) is 62.1. The van der Waals surface area contributed by atoms with E-state index < -0.39 is 20.0 Å². The van der Waals surface area contributed by atoms with Crippen LogP contribution in [0.2, 0.25) is 0 Å². The van der Waals surface area contributed by atoms with Crippen molar-refractivity contribution in [3.05, 3.63) is 60.8 Å². The van der Waals surface area contributed by atoms with Crippen molar-refractivity contribution in [1.82, 2.24) is 5.32 Å². The van der Waals surface area contributed by atoms with Gasteiger partial charge in [-0.1, -0.05) is 281 Å². The smallest absolute Gasteiger partial charge is 0.456 e. The predicted octanol–water partition coefficient (Wildman–Crippen LogP) is 21.8. The SMILES string of the molecule is CCCCC/C=C\C/C=C\C/C=C\CCCCCCCCCCC(=O)NC(COP(=O)(O)OCC[N+](C)(C)C)C(/C=C/CCCCCCCCCCC)OC(=O)CCCCCCCCCCCCCCC/C=C/CCCCCCCC. The molecule has 0 spiro atoms. The quantitative estimate of drug-likeness (QED) is 0.0205. The second-order valence-corrected chi connectivity index (χ2v) is 26.1. The Bertz CT molecular complexity index is 1570. The number of carbonyl (C=O) groups excluding carboxylic acids is 2. The Morgan fingerprint density at radius 1 is 0.432 bits per heavy atom. The molecule has 0 aromatic rings. The molecule has 2 N–H and O–H groups in total. The highest BCUT2D eigenvalue weighted by Crippen LogP contribution is 2.43. The first kappa shape index (κ1) is 78.7. The average Bonchev–Trinajstić information content (AvgIpc) is 3.44. The number of carbonyl (C=O) groups is 2. The number of likely N-dealkylation sites (N-methyl/N-ethyl adjacent to an activating group) is 1. The van der Waals surface area contributed by atoms with Crippen LogP contribution in [0.15, 0.2) is 60.8 Å². The largest absolute Gasteiger partial charge is 0.472 e. The third-order valence-corrected chi connectivity index (χ3v) is 16.4. The topological polar surface area (TPSA) is 111 Å². The number of hydrogen-bond acceptors (Lipinski definition) is 6. The van der Waals surface area contributed by atoms with Gasteiger partial charge in [-0.25, -0.2) is 4.57 Å². The van der Waals surface area contributed by atoms with Gasteiger partial charge in [0.2, 0.25) is 5.91 Å². The molecule has 0 radical (unpaired) electrons. The normalized spacial score (nSPS) is 13.9. The predicted molar refractivity (Wildman–Crippen MR) is 351 cm³/mol. The molecule has 81 heavy (non-hydrogen) atoms. The van der Waals surface area contributed by atoms with Crippen LogP contribution in [0.3, 0.4) is 0 Å². The average molecular weight is 1160 g/mol. The summed E-state index contributed by atoms with van der Waals surface area (Å²) in [4.78, 5) is 37.8. The highest BCUT2D eigenvalue weighted by Gasteiger charge is 2.30. The number of rotatable bonds is 63. The van der Waals surface area contributed by atoms with Crippen LogP contribution in [0.25, 0.3) is 0 Å².